The van der Waals surface area contributed by atoms with Gasteiger partial charge < -0.3 is 9.67 Å². The van der Waals surface area contributed by atoms with Crippen LogP contribution < -0.4 is 0 Å². The van der Waals surface area contributed by atoms with Crippen LogP contribution in [0.2, 0.25) is 0 Å². The topological polar surface area (TPSA) is 68.0 Å². The van der Waals surface area contributed by atoms with Gasteiger partial charge >= 0.3 is 5.97 Å². The van der Waals surface area contributed by atoms with E-state index in [0.29, 0.717) is 12.2 Å². The molecule has 0 saturated carbocycles. The zero-order valence-corrected chi connectivity index (χ0v) is 6.69. The van der Waals surface area contributed by atoms with Crippen LogP contribution in [0.25, 0.3) is 0 Å². The van der Waals surface area contributed by atoms with E-state index in [1.807, 2.05) is 11.5 Å². The molecule has 5 heteroatoms. The molecule has 64 valence electrons. The van der Waals surface area contributed by atoms with Gasteiger partial charge in [-0.2, -0.15) is 0 Å². The number of hydrogen-bond donors (Lipinski definition) is 1. The van der Waals surface area contributed by atoms with E-state index < -0.39 is 11.9 Å². The van der Waals surface area contributed by atoms with Gasteiger partial charge in [0.05, 0.1) is 0 Å². The Labute approximate surface area is 69.0 Å². The number of nitrogens with zero attached hydrogens (tertiary/aromatic N) is 3. The summed E-state index contributed by atoms with van der Waals surface area (Å²) >= 11 is 0. The maximum absolute atomic E-state index is 10.7. The smallest absolute Gasteiger partial charge is 0.314 e. The Morgan fingerprint density at radius 3 is 3.08 bits per heavy atom. The Bertz CT molecular complexity index is 331. The van der Waals surface area contributed by atoms with Gasteiger partial charge in [0, 0.05) is 6.54 Å². The van der Waals surface area contributed by atoms with Crippen molar-refractivity contribution < 1.29 is 9.90 Å². The molecule has 0 radical (unpaired) electrons. The summed E-state index contributed by atoms with van der Waals surface area (Å²) in [5, 5.41) is 16.4. The highest BCUT2D eigenvalue weighted by atomic mass is 16.4. The first-order valence-corrected chi connectivity index (χ1v) is 3.82. The summed E-state index contributed by atoms with van der Waals surface area (Å²) < 4.78 is 1.86. The van der Waals surface area contributed by atoms with Crippen molar-refractivity contribution in [1.82, 2.24) is 14.8 Å². The van der Waals surface area contributed by atoms with Crippen molar-refractivity contribution >= 4 is 5.97 Å². The number of fused-ring (bicyclic) bond motifs is 1. The highest BCUT2D eigenvalue weighted by Gasteiger charge is 2.31. The number of aryl methyl sites for hydroxylation is 1. The fourth-order valence-corrected chi connectivity index (χ4v) is 1.55. The van der Waals surface area contributed by atoms with Crippen LogP contribution in [0, 0.1) is 6.92 Å². The number of carbonyl (C=O) groups is 1. The van der Waals surface area contributed by atoms with Gasteiger partial charge in [0.25, 0.3) is 0 Å². The zero-order chi connectivity index (χ0) is 8.72. The summed E-state index contributed by atoms with van der Waals surface area (Å²) in [5.74, 6) is 0.140. The largest absolute Gasteiger partial charge is 0.481 e. The average Bonchev–Trinajstić information content (AvgIpc) is 2.53. The van der Waals surface area contributed by atoms with Crippen LogP contribution >= 0.6 is 0 Å². The van der Waals surface area contributed by atoms with Crippen LogP contribution in [-0.4, -0.2) is 25.8 Å². The summed E-state index contributed by atoms with van der Waals surface area (Å²) in [6.07, 6.45) is 0.640. The Kier molecular flexibility index (Phi) is 1.39. The molecule has 1 aromatic heterocycles. The van der Waals surface area contributed by atoms with Gasteiger partial charge in [-0.05, 0) is 13.3 Å². The van der Waals surface area contributed by atoms with Crippen LogP contribution in [0.5, 0.6) is 0 Å². The molecule has 0 amide bonds. The molecule has 1 aliphatic rings. The molecule has 0 bridgehead atoms. The molecule has 1 N–H and O–H groups in total. The van der Waals surface area contributed by atoms with E-state index in [-0.39, 0.29) is 0 Å². The van der Waals surface area contributed by atoms with Crippen molar-refractivity contribution in [2.45, 2.75) is 25.8 Å². The molecule has 2 rings (SSSR count). The Morgan fingerprint density at radius 2 is 2.42 bits per heavy atom. The summed E-state index contributed by atoms with van der Waals surface area (Å²) in [6, 6.07) is 0. The van der Waals surface area contributed by atoms with Crippen molar-refractivity contribution in [3.8, 4) is 0 Å². The van der Waals surface area contributed by atoms with E-state index in [4.69, 9.17) is 5.11 Å². The van der Waals surface area contributed by atoms with Gasteiger partial charge in [0.2, 0.25) is 0 Å². The van der Waals surface area contributed by atoms with Crippen molar-refractivity contribution in [1.29, 1.82) is 0 Å². The minimum absolute atomic E-state index is 0.453. The number of aliphatic carboxylic acids is 1. The van der Waals surface area contributed by atoms with Gasteiger partial charge in [0.15, 0.2) is 0 Å². The highest BCUT2D eigenvalue weighted by molar-refractivity contribution is 5.75. The summed E-state index contributed by atoms with van der Waals surface area (Å²) in [4.78, 5) is 10.7. The third kappa shape index (κ3) is 0.823. The molecular formula is C7H9N3O2. The first-order valence-electron chi connectivity index (χ1n) is 3.82. The average molecular weight is 167 g/mol. The first kappa shape index (κ1) is 7.27. The lowest BCUT2D eigenvalue weighted by atomic mass is 10.1. The van der Waals surface area contributed by atoms with E-state index in [1.54, 1.807) is 0 Å². The summed E-state index contributed by atoms with van der Waals surface area (Å²) in [7, 11) is 0. The second kappa shape index (κ2) is 2.30. The van der Waals surface area contributed by atoms with Gasteiger partial charge in [-0.25, -0.2) is 0 Å². The van der Waals surface area contributed by atoms with Crippen LogP contribution in [-0.2, 0) is 11.3 Å². The molecule has 0 aliphatic carbocycles. The maximum atomic E-state index is 10.7. The van der Waals surface area contributed by atoms with Crippen LogP contribution in [0.1, 0.15) is 24.0 Å². The molecule has 5 nitrogen and oxygen atoms in total. The molecule has 0 unspecified atom stereocenters. The van der Waals surface area contributed by atoms with Gasteiger partial charge in [-0.1, -0.05) is 0 Å². The van der Waals surface area contributed by atoms with Gasteiger partial charge in [-0.3, -0.25) is 4.79 Å². The summed E-state index contributed by atoms with van der Waals surface area (Å²) in [5.41, 5.74) is 0. The molecule has 1 aliphatic heterocycles. The van der Waals surface area contributed by atoms with E-state index in [2.05, 4.69) is 10.2 Å². The van der Waals surface area contributed by atoms with Crippen LogP contribution in [0.15, 0.2) is 0 Å². The van der Waals surface area contributed by atoms with Crippen molar-refractivity contribution in [3.63, 3.8) is 0 Å². The second-order valence-corrected chi connectivity index (χ2v) is 2.94. The lowest BCUT2D eigenvalue weighted by Crippen LogP contribution is -2.09. The van der Waals surface area contributed by atoms with E-state index in [9.17, 15) is 4.79 Å². The Balaban J connectivity index is 2.43. The van der Waals surface area contributed by atoms with Gasteiger partial charge in [-0.15, -0.1) is 10.2 Å². The fourth-order valence-electron chi connectivity index (χ4n) is 1.55. The zero-order valence-electron chi connectivity index (χ0n) is 6.69. The predicted molar refractivity (Wildman–Crippen MR) is 39.8 cm³/mol. The quantitative estimate of drug-likeness (QED) is 0.646. The van der Waals surface area contributed by atoms with E-state index in [1.165, 1.54) is 0 Å². The van der Waals surface area contributed by atoms with E-state index in [0.717, 1.165) is 12.4 Å². The van der Waals surface area contributed by atoms with Crippen molar-refractivity contribution in [2.24, 2.45) is 0 Å². The molecule has 2 heterocycles. The minimum atomic E-state index is -0.804. The van der Waals surface area contributed by atoms with Gasteiger partial charge in [0.1, 0.15) is 17.6 Å². The minimum Gasteiger partial charge on any atom is -0.481 e. The molecule has 1 atom stereocenters. The van der Waals surface area contributed by atoms with Crippen LogP contribution in [0.4, 0.5) is 0 Å². The number of carboxylic acid groups (broad SMARTS) is 1. The second-order valence-electron chi connectivity index (χ2n) is 2.94. The third-order valence-corrected chi connectivity index (χ3v) is 2.22. The SMILES string of the molecule is Cc1nnc2n1CC[C@@H]2C(=O)O. The molecular weight excluding hydrogens is 158 g/mol. The Morgan fingerprint density at radius 1 is 1.67 bits per heavy atom. The highest BCUT2D eigenvalue weighted by Crippen LogP contribution is 2.26. The number of rotatable bonds is 1. The normalized spacial score (nSPS) is 20.9. The van der Waals surface area contributed by atoms with Crippen molar-refractivity contribution in [3.05, 3.63) is 11.6 Å². The lowest BCUT2D eigenvalue weighted by molar-refractivity contribution is -0.138. The standard InChI is InChI=1S/C7H9N3O2/c1-4-8-9-6-5(7(11)12)2-3-10(4)6/h5H,2-3H2,1H3,(H,11,12)/t5-/m0/s1. The molecule has 0 fully saturated rings. The molecule has 0 aromatic carbocycles. The van der Waals surface area contributed by atoms with E-state index >= 15 is 0 Å². The van der Waals surface area contributed by atoms with Crippen molar-refractivity contribution in [2.75, 3.05) is 0 Å². The fraction of sp³-hybridized carbons (Fsp3) is 0.571. The summed E-state index contributed by atoms with van der Waals surface area (Å²) in [6.45, 7) is 2.56. The van der Waals surface area contributed by atoms with Crippen LogP contribution in [0.3, 0.4) is 0 Å². The third-order valence-electron chi connectivity index (χ3n) is 2.22. The monoisotopic (exact) mass is 167 g/mol. The molecule has 1 aromatic rings. The Hall–Kier alpha value is -1.39. The number of hydrogen-bond acceptors (Lipinski definition) is 3. The number of aromatic nitrogens is 3. The molecule has 12 heavy (non-hydrogen) atoms. The number of carboxylic acids is 1. The lowest BCUT2D eigenvalue weighted by Gasteiger charge is -1.97. The first-order chi connectivity index (χ1) is 5.70. The molecule has 0 spiro atoms. The maximum Gasteiger partial charge on any atom is 0.314 e. The predicted octanol–water partition coefficient (Wildman–Crippen LogP) is 0.158. The molecule has 0 saturated heterocycles.